The van der Waals surface area contributed by atoms with E-state index in [1.165, 1.54) is 0 Å². The number of carbonyl (C=O) groups excluding carboxylic acids is 1. The molecule has 0 saturated carbocycles. The molecule has 37 heavy (non-hydrogen) atoms. The summed E-state index contributed by atoms with van der Waals surface area (Å²) in [5, 5.41) is 2.24. The Hall–Kier alpha value is -3.33. The molecule has 1 fully saturated rings. The third-order valence-corrected chi connectivity index (χ3v) is 7.00. The van der Waals surface area contributed by atoms with Crippen molar-refractivity contribution in [1.82, 2.24) is 24.3 Å². The van der Waals surface area contributed by atoms with Crippen molar-refractivity contribution in [3.8, 4) is 0 Å². The molecule has 0 radical (unpaired) electrons. The number of benzene rings is 1. The predicted molar refractivity (Wildman–Crippen MR) is 144 cm³/mol. The molecule has 1 aliphatic rings. The van der Waals surface area contributed by atoms with Gasteiger partial charge in [-0.25, -0.2) is 0 Å². The Balaban J connectivity index is 1.51. The number of likely N-dealkylation sites (N-methyl/N-ethyl adjacent to an activating group) is 1. The molecule has 1 saturated heterocycles. The first-order valence-corrected chi connectivity index (χ1v) is 13.1. The lowest BCUT2D eigenvalue weighted by atomic mass is 10.1. The maximum absolute atomic E-state index is 13.3. The lowest BCUT2D eigenvalue weighted by Gasteiger charge is -2.28. The maximum Gasteiger partial charge on any atom is 0.242 e. The van der Waals surface area contributed by atoms with E-state index in [1.807, 2.05) is 47.6 Å². The Morgan fingerprint density at radius 3 is 2.65 bits per heavy atom. The minimum absolute atomic E-state index is 0.0161. The molecule has 1 unspecified atom stereocenters. The Bertz CT molecular complexity index is 1330. The molecule has 1 aromatic carbocycles. The Kier molecular flexibility index (Phi) is 8.08. The Morgan fingerprint density at radius 1 is 1.05 bits per heavy atom. The van der Waals surface area contributed by atoms with Crippen LogP contribution in [0, 0.1) is 0 Å². The number of hydrogen-bond acceptors (Lipinski definition) is 6. The second-order valence-corrected chi connectivity index (χ2v) is 9.51. The molecule has 1 atom stereocenters. The second-order valence-electron chi connectivity index (χ2n) is 9.51. The normalized spacial score (nSPS) is 15.1. The lowest BCUT2D eigenvalue weighted by Crippen LogP contribution is -2.42. The van der Waals surface area contributed by atoms with Gasteiger partial charge in [0.05, 0.1) is 42.8 Å². The highest BCUT2D eigenvalue weighted by molar-refractivity contribution is 6.09. The van der Waals surface area contributed by atoms with E-state index in [9.17, 15) is 4.79 Å². The molecule has 194 valence electrons. The number of fused-ring (bicyclic) bond motifs is 3. The minimum Gasteiger partial charge on any atom is -0.379 e. The van der Waals surface area contributed by atoms with Crippen LogP contribution in [0.15, 0.2) is 60.9 Å². The Labute approximate surface area is 217 Å². The standard InChI is InChI=1S/C29H35N5O3/c1-3-16-37-21-27(24-9-6-7-12-30-24)32(2)19-25-29-23(11-13-31-25)22-8-4-5-10-26(22)34(29)20-28(35)33-14-17-36-18-15-33/h4-13,27H,3,14-21H2,1-2H3. The molecule has 1 aliphatic heterocycles. The van der Waals surface area contributed by atoms with Crippen LogP contribution in [0.2, 0.25) is 0 Å². The van der Waals surface area contributed by atoms with Crippen molar-refractivity contribution in [3.63, 3.8) is 0 Å². The summed E-state index contributed by atoms with van der Waals surface area (Å²) in [6, 6.07) is 16.3. The van der Waals surface area contributed by atoms with Crippen LogP contribution in [-0.4, -0.2) is 76.8 Å². The highest BCUT2D eigenvalue weighted by Gasteiger charge is 2.24. The zero-order valence-corrected chi connectivity index (χ0v) is 21.7. The number of para-hydroxylation sites is 1. The van der Waals surface area contributed by atoms with E-state index in [2.05, 4.69) is 46.6 Å². The summed E-state index contributed by atoms with van der Waals surface area (Å²) in [5.74, 6) is 0.105. The molecule has 4 heterocycles. The van der Waals surface area contributed by atoms with Gasteiger partial charge in [-0.2, -0.15) is 0 Å². The van der Waals surface area contributed by atoms with E-state index >= 15 is 0 Å². The number of hydrogen-bond donors (Lipinski definition) is 0. The van der Waals surface area contributed by atoms with Crippen LogP contribution in [0.3, 0.4) is 0 Å². The first-order valence-electron chi connectivity index (χ1n) is 13.1. The van der Waals surface area contributed by atoms with Crippen molar-refractivity contribution in [3.05, 3.63) is 72.3 Å². The van der Waals surface area contributed by atoms with Crippen LogP contribution in [0.1, 0.15) is 30.8 Å². The number of aromatic nitrogens is 3. The molecule has 8 nitrogen and oxygen atoms in total. The van der Waals surface area contributed by atoms with Gasteiger partial charge in [-0.1, -0.05) is 31.2 Å². The van der Waals surface area contributed by atoms with E-state index in [0.29, 0.717) is 46.1 Å². The topological polar surface area (TPSA) is 72.7 Å². The smallest absolute Gasteiger partial charge is 0.242 e. The molecule has 1 amide bonds. The van der Waals surface area contributed by atoms with Crippen molar-refractivity contribution < 1.29 is 14.3 Å². The van der Waals surface area contributed by atoms with Crippen LogP contribution in [0.25, 0.3) is 21.8 Å². The molecule has 0 spiro atoms. The van der Waals surface area contributed by atoms with Crippen LogP contribution in [0.5, 0.6) is 0 Å². The maximum atomic E-state index is 13.3. The molecule has 8 heteroatoms. The van der Waals surface area contributed by atoms with Crippen molar-refractivity contribution in [2.24, 2.45) is 0 Å². The van der Waals surface area contributed by atoms with E-state index in [4.69, 9.17) is 14.5 Å². The third kappa shape index (κ3) is 5.51. The van der Waals surface area contributed by atoms with Crippen LogP contribution < -0.4 is 0 Å². The number of amides is 1. The Morgan fingerprint density at radius 2 is 1.86 bits per heavy atom. The zero-order chi connectivity index (χ0) is 25.6. The molecule has 0 bridgehead atoms. The molecular formula is C29H35N5O3. The number of carbonyl (C=O) groups is 1. The van der Waals surface area contributed by atoms with Crippen LogP contribution >= 0.6 is 0 Å². The largest absolute Gasteiger partial charge is 0.379 e. The number of morpholine rings is 1. The van der Waals surface area contributed by atoms with Crippen molar-refractivity contribution >= 4 is 27.7 Å². The lowest BCUT2D eigenvalue weighted by molar-refractivity contribution is -0.135. The number of pyridine rings is 2. The summed E-state index contributed by atoms with van der Waals surface area (Å²) in [7, 11) is 2.08. The fourth-order valence-electron chi connectivity index (χ4n) is 5.10. The van der Waals surface area contributed by atoms with Gasteiger partial charge in [0.15, 0.2) is 0 Å². The summed E-state index contributed by atoms with van der Waals surface area (Å²) < 4.78 is 13.6. The number of rotatable bonds is 10. The molecule has 3 aromatic heterocycles. The fraction of sp³-hybridized carbons (Fsp3) is 0.414. The van der Waals surface area contributed by atoms with Gasteiger partial charge in [-0.05, 0) is 37.7 Å². The van der Waals surface area contributed by atoms with Gasteiger partial charge in [-0.3, -0.25) is 19.7 Å². The quantitative estimate of drug-likeness (QED) is 0.306. The highest BCUT2D eigenvalue weighted by Crippen LogP contribution is 2.32. The predicted octanol–water partition coefficient (Wildman–Crippen LogP) is 4.04. The van der Waals surface area contributed by atoms with Gasteiger partial charge in [0.25, 0.3) is 0 Å². The summed E-state index contributed by atoms with van der Waals surface area (Å²) in [6.45, 7) is 6.68. The van der Waals surface area contributed by atoms with E-state index in [1.54, 1.807) is 0 Å². The van der Waals surface area contributed by atoms with Crippen molar-refractivity contribution in [2.75, 3.05) is 46.6 Å². The average molecular weight is 502 g/mol. The second kappa shape index (κ2) is 11.8. The van der Waals surface area contributed by atoms with Crippen LogP contribution in [0.4, 0.5) is 0 Å². The first-order chi connectivity index (χ1) is 18.2. The summed E-state index contributed by atoms with van der Waals surface area (Å²) in [4.78, 5) is 26.9. The fourth-order valence-corrected chi connectivity index (χ4v) is 5.10. The van der Waals surface area contributed by atoms with E-state index in [-0.39, 0.29) is 18.5 Å². The summed E-state index contributed by atoms with van der Waals surface area (Å²) >= 11 is 0. The zero-order valence-electron chi connectivity index (χ0n) is 21.7. The first kappa shape index (κ1) is 25.3. The van der Waals surface area contributed by atoms with Crippen molar-refractivity contribution in [1.29, 1.82) is 0 Å². The highest BCUT2D eigenvalue weighted by atomic mass is 16.5. The van der Waals surface area contributed by atoms with Gasteiger partial charge in [0.1, 0.15) is 6.54 Å². The van der Waals surface area contributed by atoms with Gasteiger partial charge in [-0.15, -0.1) is 0 Å². The summed E-state index contributed by atoms with van der Waals surface area (Å²) in [5.41, 5.74) is 3.95. The molecule has 0 aliphatic carbocycles. The number of nitrogens with zero attached hydrogens (tertiary/aromatic N) is 5. The molecule has 0 N–H and O–H groups in total. The average Bonchev–Trinajstić information content (AvgIpc) is 3.26. The monoisotopic (exact) mass is 501 g/mol. The molecule has 5 rings (SSSR count). The van der Waals surface area contributed by atoms with Crippen molar-refractivity contribution in [2.45, 2.75) is 32.5 Å². The van der Waals surface area contributed by atoms with Gasteiger partial charge < -0.3 is 18.9 Å². The molecule has 4 aromatic rings. The van der Waals surface area contributed by atoms with E-state index in [0.717, 1.165) is 39.6 Å². The molecular weight excluding hydrogens is 466 g/mol. The third-order valence-electron chi connectivity index (χ3n) is 7.00. The SMILES string of the molecule is CCCOCC(c1ccccn1)N(C)Cc1nccc2c3ccccc3n(CC(=O)N3CCOCC3)c12. The minimum atomic E-state index is -0.0161. The summed E-state index contributed by atoms with van der Waals surface area (Å²) in [6.07, 6.45) is 4.66. The van der Waals surface area contributed by atoms with Crippen LogP contribution in [-0.2, 0) is 27.4 Å². The van der Waals surface area contributed by atoms with E-state index < -0.39 is 0 Å². The van der Waals surface area contributed by atoms with Gasteiger partial charge in [0, 0.05) is 54.9 Å². The van der Waals surface area contributed by atoms with Gasteiger partial charge >= 0.3 is 0 Å². The van der Waals surface area contributed by atoms with Gasteiger partial charge in [0.2, 0.25) is 5.91 Å². The number of ether oxygens (including phenoxy) is 2.